The highest BCUT2D eigenvalue weighted by molar-refractivity contribution is 7.18. The third kappa shape index (κ3) is 6.48. The monoisotopic (exact) mass is 861 g/mol. The Hall–Kier alpha value is -8.51. The van der Waals surface area contributed by atoms with Crippen LogP contribution in [0.15, 0.2) is 237 Å². The maximum atomic E-state index is 7.05. The van der Waals surface area contributed by atoms with Crippen molar-refractivity contribution >= 4 is 61.0 Å². The maximum absolute atomic E-state index is 7.05. The Morgan fingerprint density at radius 1 is 0.364 bits per heavy atom. The molecule has 4 nitrogen and oxygen atoms in total. The van der Waals surface area contributed by atoms with Gasteiger partial charge in [-0.25, -0.2) is 0 Å². The van der Waals surface area contributed by atoms with E-state index in [0.717, 1.165) is 73.1 Å². The second kappa shape index (κ2) is 15.6. The number of hydrogen-bond donors (Lipinski definition) is 0. The Balaban J connectivity index is 0.956. The highest BCUT2D eigenvalue weighted by Gasteiger charge is 2.28. The van der Waals surface area contributed by atoms with Gasteiger partial charge >= 0.3 is 0 Å². The van der Waals surface area contributed by atoms with Crippen molar-refractivity contribution in [3.05, 3.63) is 237 Å². The minimum atomic E-state index is 0.792. The molecule has 310 valence electrons. The topological polar surface area (TPSA) is 30.3 Å². The van der Waals surface area contributed by atoms with Gasteiger partial charge < -0.3 is 14.2 Å². The third-order valence-corrected chi connectivity index (χ3v) is 14.0. The number of rotatable bonds is 7. The normalized spacial score (nSPS) is 12.0. The van der Waals surface area contributed by atoms with Gasteiger partial charge in [0.15, 0.2) is 11.5 Å². The summed E-state index contributed by atoms with van der Waals surface area (Å²) in [5, 5.41) is 4.70. The zero-order valence-corrected chi connectivity index (χ0v) is 36.5. The van der Waals surface area contributed by atoms with Gasteiger partial charge in [-0.1, -0.05) is 140 Å². The molecule has 12 aromatic rings. The van der Waals surface area contributed by atoms with Crippen molar-refractivity contribution in [2.75, 3.05) is 4.90 Å². The minimum Gasteiger partial charge on any atom is -0.453 e. The highest BCUT2D eigenvalue weighted by Crippen LogP contribution is 2.53. The molecule has 9 aromatic carbocycles. The molecule has 3 aromatic heterocycles. The molecule has 0 radical (unpaired) electrons. The molecule has 0 bridgehead atoms. The Labute approximate surface area is 386 Å². The number of anilines is 3. The lowest BCUT2D eigenvalue weighted by Crippen LogP contribution is -2.16. The van der Waals surface area contributed by atoms with Crippen molar-refractivity contribution in [1.82, 2.24) is 9.55 Å². The number of thiophene rings is 1. The first-order chi connectivity index (χ1) is 32.7. The van der Waals surface area contributed by atoms with Crippen LogP contribution >= 0.6 is 11.3 Å². The SMILES string of the molecule is c1ccc(-c2ccc3c(c2)c2cc(-c4ccc5c(c4)Oc4cc(-c6ccc(-c7ccccc7)s6)ccc4N5c4cccc(-c5nccc6ccccc56)c4)ccc2n3-c2ccccc2)cc1. The van der Waals surface area contributed by atoms with Gasteiger partial charge in [0, 0.05) is 49.0 Å². The van der Waals surface area contributed by atoms with E-state index < -0.39 is 0 Å². The molecular weight excluding hydrogens is 823 g/mol. The molecule has 1 aliphatic rings. The van der Waals surface area contributed by atoms with Crippen LogP contribution < -0.4 is 9.64 Å². The van der Waals surface area contributed by atoms with Crippen LogP contribution in [0, 0.1) is 0 Å². The summed E-state index contributed by atoms with van der Waals surface area (Å²) in [4.78, 5) is 9.66. The molecule has 0 unspecified atom stereocenters. The van der Waals surface area contributed by atoms with E-state index in [0.29, 0.717) is 0 Å². The first-order valence-corrected chi connectivity index (χ1v) is 23.1. The maximum Gasteiger partial charge on any atom is 0.152 e. The van der Waals surface area contributed by atoms with E-state index >= 15 is 0 Å². The van der Waals surface area contributed by atoms with Crippen molar-refractivity contribution in [2.45, 2.75) is 0 Å². The van der Waals surface area contributed by atoms with Crippen LogP contribution in [-0.4, -0.2) is 9.55 Å². The number of benzene rings is 9. The van der Waals surface area contributed by atoms with Gasteiger partial charge in [0.1, 0.15) is 0 Å². The summed E-state index contributed by atoms with van der Waals surface area (Å²) in [7, 11) is 0. The molecule has 0 spiro atoms. The van der Waals surface area contributed by atoms with Crippen molar-refractivity contribution < 1.29 is 4.74 Å². The lowest BCUT2D eigenvalue weighted by molar-refractivity contribution is 0.477. The summed E-state index contributed by atoms with van der Waals surface area (Å²) in [5.41, 5.74) is 15.4. The van der Waals surface area contributed by atoms with Crippen molar-refractivity contribution in [1.29, 1.82) is 0 Å². The summed E-state index contributed by atoms with van der Waals surface area (Å²) in [5.74, 6) is 1.59. The molecule has 0 aliphatic carbocycles. The minimum absolute atomic E-state index is 0.792. The molecule has 0 fully saturated rings. The van der Waals surface area contributed by atoms with Crippen LogP contribution in [0.4, 0.5) is 17.1 Å². The van der Waals surface area contributed by atoms with Crippen LogP contribution in [0.5, 0.6) is 11.5 Å². The largest absolute Gasteiger partial charge is 0.453 e. The van der Waals surface area contributed by atoms with Crippen LogP contribution in [-0.2, 0) is 0 Å². The van der Waals surface area contributed by atoms with Gasteiger partial charge in [0.25, 0.3) is 0 Å². The molecule has 4 heterocycles. The van der Waals surface area contributed by atoms with E-state index in [1.165, 1.54) is 48.1 Å². The zero-order valence-electron chi connectivity index (χ0n) is 35.7. The molecule has 0 N–H and O–H groups in total. The van der Waals surface area contributed by atoms with Crippen molar-refractivity contribution in [3.63, 3.8) is 0 Å². The van der Waals surface area contributed by atoms with Gasteiger partial charge in [0.05, 0.1) is 28.1 Å². The molecule has 1 aliphatic heterocycles. The number of nitrogens with zero attached hydrogens (tertiary/aromatic N) is 3. The number of fused-ring (bicyclic) bond motifs is 6. The molecule has 13 rings (SSSR count). The summed E-state index contributed by atoms with van der Waals surface area (Å²) < 4.78 is 9.43. The third-order valence-electron chi connectivity index (χ3n) is 12.8. The molecular formula is C61H39N3OS. The van der Waals surface area contributed by atoms with Crippen LogP contribution in [0.25, 0.3) is 92.7 Å². The van der Waals surface area contributed by atoms with E-state index in [1.807, 2.05) is 6.20 Å². The number of hydrogen-bond acceptors (Lipinski definition) is 4. The smallest absolute Gasteiger partial charge is 0.152 e. The second-order valence-electron chi connectivity index (χ2n) is 16.8. The van der Waals surface area contributed by atoms with E-state index in [1.54, 1.807) is 11.3 Å². The molecule has 0 saturated heterocycles. The first kappa shape index (κ1) is 38.0. The number of para-hydroxylation sites is 1. The predicted octanol–water partition coefficient (Wildman–Crippen LogP) is 17.3. The van der Waals surface area contributed by atoms with Crippen molar-refractivity contribution in [3.8, 4) is 71.6 Å². The van der Waals surface area contributed by atoms with Gasteiger partial charge in [0.2, 0.25) is 0 Å². The first-order valence-electron chi connectivity index (χ1n) is 22.3. The molecule has 5 heteroatoms. The summed E-state index contributed by atoms with van der Waals surface area (Å²) in [6, 6.07) is 82.5. The number of aromatic nitrogens is 2. The average molecular weight is 862 g/mol. The fourth-order valence-electron chi connectivity index (χ4n) is 9.68. The van der Waals surface area contributed by atoms with E-state index in [4.69, 9.17) is 9.72 Å². The van der Waals surface area contributed by atoms with E-state index in [9.17, 15) is 0 Å². The predicted molar refractivity (Wildman–Crippen MR) is 276 cm³/mol. The highest BCUT2D eigenvalue weighted by atomic mass is 32.1. The number of pyridine rings is 1. The van der Waals surface area contributed by atoms with Gasteiger partial charge in [-0.2, -0.15) is 0 Å². The summed E-state index contributed by atoms with van der Waals surface area (Å²) in [6.45, 7) is 0. The van der Waals surface area contributed by atoms with Crippen LogP contribution in [0.1, 0.15) is 0 Å². The van der Waals surface area contributed by atoms with E-state index in [-0.39, 0.29) is 0 Å². The zero-order chi connectivity index (χ0) is 43.6. The Morgan fingerprint density at radius 3 is 1.64 bits per heavy atom. The lowest BCUT2D eigenvalue weighted by Gasteiger charge is -2.33. The van der Waals surface area contributed by atoms with Crippen LogP contribution in [0.2, 0.25) is 0 Å². The molecule has 66 heavy (non-hydrogen) atoms. The Morgan fingerprint density at radius 2 is 0.909 bits per heavy atom. The Kier molecular flexibility index (Phi) is 9.00. The van der Waals surface area contributed by atoms with Gasteiger partial charge in [-0.15, -0.1) is 11.3 Å². The van der Waals surface area contributed by atoms with Crippen molar-refractivity contribution in [2.24, 2.45) is 0 Å². The molecule has 0 amide bonds. The molecule has 0 atom stereocenters. The average Bonchev–Trinajstić information content (AvgIpc) is 4.02. The fourth-order valence-corrected chi connectivity index (χ4v) is 10.7. The van der Waals surface area contributed by atoms with Gasteiger partial charge in [-0.3, -0.25) is 4.98 Å². The van der Waals surface area contributed by atoms with Crippen LogP contribution in [0.3, 0.4) is 0 Å². The van der Waals surface area contributed by atoms with Gasteiger partial charge in [-0.05, 0) is 130 Å². The summed E-state index contributed by atoms with van der Waals surface area (Å²) in [6.07, 6.45) is 1.90. The lowest BCUT2D eigenvalue weighted by atomic mass is 9.99. The quantitative estimate of drug-likeness (QED) is 0.160. The fraction of sp³-hybridized carbons (Fsp3) is 0. The Bertz CT molecular complexity index is 3790. The number of ether oxygens (including phenoxy) is 1. The standard InChI is InChI=1S/C61H39N3OS/c1-4-13-40(14-5-1)43-23-27-53-51(36-43)52-37-44(24-28-54(52)63(53)48-19-8-3-9-20-48)45-25-29-55-57(38-45)65-58-39-46(60-32-31-59(66-60)42-16-6-2-7-17-42)26-30-56(58)64(55)49-21-12-18-47(35-49)61-50-22-11-10-15-41(50)33-34-62-61/h1-39H. The second-order valence-corrected chi connectivity index (χ2v) is 17.8. The van der Waals surface area contributed by atoms with E-state index in [2.05, 4.69) is 240 Å². The molecule has 0 saturated carbocycles. The summed E-state index contributed by atoms with van der Waals surface area (Å²) >= 11 is 1.80.